The summed E-state index contributed by atoms with van der Waals surface area (Å²) in [7, 11) is 3.07. The maximum Gasteiger partial charge on any atom is 0.260 e. The molecule has 6 nitrogen and oxygen atoms in total. The van der Waals surface area contributed by atoms with Gasteiger partial charge in [-0.3, -0.25) is 14.7 Å². The minimum atomic E-state index is -1.10. The molecule has 4 rings (SSSR count). The first kappa shape index (κ1) is 20.7. The van der Waals surface area contributed by atoms with Gasteiger partial charge < -0.3 is 9.47 Å². The molecular formula is C22H17F2N3O3S. The van der Waals surface area contributed by atoms with Crippen molar-refractivity contribution in [3.8, 4) is 11.5 Å². The Labute approximate surface area is 180 Å². The van der Waals surface area contributed by atoms with Crippen molar-refractivity contribution in [2.24, 2.45) is 0 Å². The van der Waals surface area contributed by atoms with Crippen molar-refractivity contribution in [3.63, 3.8) is 0 Å². The van der Waals surface area contributed by atoms with Gasteiger partial charge in [0, 0.05) is 11.8 Å². The molecule has 2 aromatic heterocycles. The number of amides is 1. The molecule has 0 aliphatic carbocycles. The average Bonchev–Trinajstić information content (AvgIpc) is 3.24. The standard InChI is InChI=1S/C22H17F2N3O3S/c1-29-17-8-9-18(30-2)20-19(17)26-22(31-20)27(12-14-5-3-4-10-25-14)21(28)13-6-7-15(23)16(24)11-13/h3-11H,12H2,1-2H3. The van der Waals surface area contributed by atoms with Crippen molar-refractivity contribution in [2.45, 2.75) is 6.54 Å². The SMILES string of the molecule is COc1ccc(OC)c2sc(N(Cc3ccccn3)C(=O)c3ccc(F)c(F)c3)nc12. The van der Waals surface area contributed by atoms with Crippen LogP contribution in [0.1, 0.15) is 16.1 Å². The summed E-state index contributed by atoms with van der Waals surface area (Å²) in [4.78, 5) is 23.6. The normalized spacial score (nSPS) is 10.8. The third-order valence-corrected chi connectivity index (χ3v) is 5.68. The molecular weight excluding hydrogens is 424 g/mol. The van der Waals surface area contributed by atoms with Crippen molar-refractivity contribution in [1.82, 2.24) is 9.97 Å². The molecule has 0 fully saturated rings. The second-order valence-corrected chi connectivity index (χ2v) is 7.46. The molecule has 0 saturated heterocycles. The van der Waals surface area contributed by atoms with Crippen LogP contribution >= 0.6 is 11.3 Å². The van der Waals surface area contributed by atoms with Crippen LogP contribution in [0.3, 0.4) is 0 Å². The van der Waals surface area contributed by atoms with Crippen LogP contribution < -0.4 is 14.4 Å². The van der Waals surface area contributed by atoms with Gasteiger partial charge in [0.25, 0.3) is 5.91 Å². The molecule has 31 heavy (non-hydrogen) atoms. The van der Waals surface area contributed by atoms with Crippen LogP contribution in [0, 0.1) is 11.6 Å². The average molecular weight is 441 g/mol. The van der Waals surface area contributed by atoms with E-state index in [2.05, 4.69) is 9.97 Å². The molecule has 158 valence electrons. The smallest absolute Gasteiger partial charge is 0.260 e. The number of aromatic nitrogens is 2. The molecule has 0 radical (unpaired) electrons. The van der Waals surface area contributed by atoms with Crippen molar-refractivity contribution in [3.05, 3.63) is 77.6 Å². The zero-order valence-electron chi connectivity index (χ0n) is 16.6. The van der Waals surface area contributed by atoms with Crippen LogP contribution in [-0.4, -0.2) is 30.1 Å². The molecule has 0 N–H and O–H groups in total. The van der Waals surface area contributed by atoms with E-state index >= 15 is 0 Å². The highest BCUT2D eigenvalue weighted by Gasteiger charge is 2.25. The maximum atomic E-state index is 13.8. The number of ether oxygens (including phenoxy) is 2. The van der Waals surface area contributed by atoms with E-state index in [1.165, 1.54) is 29.4 Å². The lowest BCUT2D eigenvalue weighted by molar-refractivity contribution is 0.0984. The van der Waals surface area contributed by atoms with E-state index in [1.54, 1.807) is 43.6 Å². The molecule has 9 heteroatoms. The summed E-state index contributed by atoms with van der Waals surface area (Å²) < 4.78 is 38.7. The molecule has 0 aliphatic rings. The maximum absolute atomic E-state index is 13.8. The first-order chi connectivity index (χ1) is 15.0. The quantitative estimate of drug-likeness (QED) is 0.429. The minimum absolute atomic E-state index is 0.00647. The van der Waals surface area contributed by atoms with Gasteiger partial charge in [0.2, 0.25) is 0 Å². The topological polar surface area (TPSA) is 64.6 Å². The van der Waals surface area contributed by atoms with Gasteiger partial charge in [-0.15, -0.1) is 0 Å². The fourth-order valence-corrected chi connectivity index (χ4v) is 4.13. The Morgan fingerprint density at radius 3 is 2.48 bits per heavy atom. The zero-order valence-corrected chi connectivity index (χ0v) is 17.5. The number of fused-ring (bicyclic) bond motifs is 1. The summed E-state index contributed by atoms with van der Waals surface area (Å²) in [5, 5.41) is 0.346. The number of halogens is 2. The highest BCUT2D eigenvalue weighted by atomic mass is 32.1. The number of rotatable bonds is 6. The van der Waals surface area contributed by atoms with Crippen LogP contribution in [0.2, 0.25) is 0 Å². The summed E-state index contributed by atoms with van der Waals surface area (Å²) in [5.41, 5.74) is 1.13. The Hall–Kier alpha value is -3.59. The van der Waals surface area contributed by atoms with E-state index < -0.39 is 17.5 Å². The molecule has 1 amide bonds. The molecule has 2 heterocycles. The van der Waals surface area contributed by atoms with E-state index in [0.717, 1.165) is 12.1 Å². The highest BCUT2D eigenvalue weighted by Crippen LogP contribution is 2.40. The van der Waals surface area contributed by atoms with Gasteiger partial charge in [0.15, 0.2) is 16.8 Å². The number of carbonyl (C=O) groups excluding carboxylic acids is 1. The minimum Gasteiger partial charge on any atom is -0.495 e. The molecule has 0 aliphatic heterocycles. The lowest BCUT2D eigenvalue weighted by Crippen LogP contribution is -2.30. The number of hydrogen-bond donors (Lipinski definition) is 0. The predicted octanol–water partition coefficient (Wildman–Crippen LogP) is 4.83. The molecule has 4 aromatic rings. The van der Waals surface area contributed by atoms with E-state index in [1.807, 2.05) is 0 Å². The first-order valence-electron chi connectivity index (χ1n) is 9.20. The second-order valence-electron chi connectivity index (χ2n) is 6.49. The Morgan fingerprint density at radius 2 is 1.81 bits per heavy atom. The highest BCUT2D eigenvalue weighted by molar-refractivity contribution is 7.22. The molecule has 0 saturated carbocycles. The van der Waals surface area contributed by atoms with Gasteiger partial charge >= 0.3 is 0 Å². The summed E-state index contributed by atoms with van der Waals surface area (Å²) in [6, 6.07) is 11.8. The van der Waals surface area contributed by atoms with Crippen molar-refractivity contribution >= 4 is 32.6 Å². The Kier molecular flexibility index (Phi) is 5.77. The van der Waals surface area contributed by atoms with Crippen LogP contribution in [-0.2, 0) is 6.54 Å². The number of anilines is 1. The molecule has 0 spiro atoms. The lowest BCUT2D eigenvalue weighted by atomic mass is 10.2. The van der Waals surface area contributed by atoms with Gasteiger partial charge in [-0.05, 0) is 42.5 Å². The third kappa shape index (κ3) is 4.04. The number of benzene rings is 2. The number of hydrogen-bond acceptors (Lipinski definition) is 6. The van der Waals surface area contributed by atoms with Gasteiger partial charge in [-0.25, -0.2) is 13.8 Å². The monoisotopic (exact) mass is 441 g/mol. The number of pyridine rings is 1. The summed E-state index contributed by atoms with van der Waals surface area (Å²) in [6.45, 7) is 0.0864. The Morgan fingerprint density at radius 1 is 1.03 bits per heavy atom. The fraction of sp³-hybridized carbons (Fsp3) is 0.136. The lowest BCUT2D eigenvalue weighted by Gasteiger charge is -2.19. The Balaban J connectivity index is 1.84. The fourth-order valence-electron chi connectivity index (χ4n) is 3.05. The first-order valence-corrected chi connectivity index (χ1v) is 10.0. The molecule has 0 bridgehead atoms. The second kappa shape index (κ2) is 8.65. The van der Waals surface area contributed by atoms with Gasteiger partial charge in [-0.1, -0.05) is 17.4 Å². The van der Waals surface area contributed by atoms with E-state index in [-0.39, 0.29) is 12.1 Å². The van der Waals surface area contributed by atoms with Gasteiger partial charge in [0.05, 0.1) is 26.5 Å². The van der Waals surface area contributed by atoms with E-state index in [0.29, 0.717) is 32.5 Å². The summed E-state index contributed by atoms with van der Waals surface area (Å²) >= 11 is 1.23. The van der Waals surface area contributed by atoms with Crippen LogP contribution in [0.5, 0.6) is 11.5 Å². The van der Waals surface area contributed by atoms with Gasteiger partial charge in [-0.2, -0.15) is 0 Å². The zero-order chi connectivity index (χ0) is 22.0. The van der Waals surface area contributed by atoms with Crippen LogP contribution in [0.15, 0.2) is 54.7 Å². The summed E-state index contributed by atoms with van der Waals surface area (Å²) in [6.07, 6.45) is 1.61. The Bertz CT molecular complexity index is 1210. The molecule has 0 atom stereocenters. The van der Waals surface area contributed by atoms with Gasteiger partial charge in [0.1, 0.15) is 21.7 Å². The number of nitrogens with zero attached hydrogens (tertiary/aromatic N) is 3. The van der Waals surface area contributed by atoms with Crippen molar-refractivity contribution in [2.75, 3.05) is 19.1 Å². The van der Waals surface area contributed by atoms with Crippen LogP contribution in [0.4, 0.5) is 13.9 Å². The number of carbonyl (C=O) groups is 1. The summed E-state index contributed by atoms with van der Waals surface area (Å²) in [5.74, 6) is -1.56. The van der Waals surface area contributed by atoms with E-state index in [9.17, 15) is 13.6 Å². The molecule has 0 unspecified atom stereocenters. The number of methoxy groups -OCH3 is 2. The van der Waals surface area contributed by atoms with E-state index in [4.69, 9.17) is 9.47 Å². The third-order valence-electron chi connectivity index (χ3n) is 4.59. The van der Waals surface area contributed by atoms with Crippen molar-refractivity contribution < 1.29 is 23.0 Å². The van der Waals surface area contributed by atoms with Crippen LogP contribution in [0.25, 0.3) is 10.2 Å². The largest absolute Gasteiger partial charge is 0.495 e. The van der Waals surface area contributed by atoms with Crippen molar-refractivity contribution in [1.29, 1.82) is 0 Å². The number of thiazole rings is 1. The predicted molar refractivity (Wildman–Crippen MR) is 114 cm³/mol. The molecule has 2 aromatic carbocycles.